The Hall–Kier alpha value is -1.45. The minimum Gasteiger partial charge on any atom is -0.506 e. The summed E-state index contributed by atoms with van der Waals surface area (Å²) < 4.78 is 1.05. The van der Waals surface area contributed by atoms with E-state index in [4.69, 9.17) is 5.73 Å². The molecule has 2 aromatic rings. The van der Waals surface area contributed by atoms with Gasteiger partial charge in [0.05, 0.1) is 20.9 Å². The third-order valence-electron chi connectivity index (χ3n) is 2.44. The van der Waals surface area contributed by atoms with Crippen molar-refractivity contribution in [3.63, 3.8) is 0 Å². The standard InChI is InChI=1S/C12H10Br2N4O2S/c1-5-10(21-12(15)17-5)11(20)18-16-4-6-2-7(13)9(19)8(14)3-6/h2-4,19H,1H3,(H2,15,17)(H,18,20)/b16-4+. The van der Waals surface area contributed by atoms with Crippen LogP contribution in [0.25, 0.3) is 0 Å². The Balaban J connectivity index is 2.09. The number of thiazole rings is 1. The zero-order valence-electron chi connectivity index (χ0n) is 10.7. The fourth-order valence-corrected chi connectivity index (χ4v) is 3.45. The van der Waals surface area contributed by atoms with E-state index in [0.29, 0.717) is 30.2 Å². The van der Waals surface area contributed by atoms with Gasteiger partial charge in [0.25, 0.3) is 5.91 Å². The largest absolute Gasteiger partial charge is 0.506 e. The van der Waals surface area contributed by atoms with E-state index in [2.05, 4.69) is 47.4 Å². The highest BCUT2D eigenvalue weighted by Gasteiger charge is 2.13. The molecule has 21 heavy (non-hydrogen) atoms. The lowest BCUT2D eigenvalue weighted by molar-refractivity contribution is 0.0958. The Labute approximate surface area is 141 Å². The Kier molecular flexibility index (Phi) is 4.96. The maximum Gasteiger partial charge on any atom is 0.283 e. The molecule has 0 saturated heterocycles. The van der Waals surface area contributed by atoms with Gasteiger partial charge >= 0.3 is 0 Å². The maximum atomic E-state index is 11.9. The van der Waals surface area contributed by atoms with Crippen LogP contribution in [0.4, 0.5) is 5.13 Å². The van der Waals surface area contributed by atoms with Gasteiger partial charge in [0.15, 0.2) is 5.13 Å². The van der Waals surface area contributed by atoms with Crippen LogP contribution in [-0.2, 0) is 0 Å². The number of phenolic OH excluding ortho intramolecular Hbond substituents is 1. The van der Waals surface area contributed by atoms with Crippen LogP contribution in [0.5, 0.6) is 5.75 Å². The van der Waals surface area contributed by atoms with Crippen molar-refractivity contribution in [1.29, 1.82) is 0 Å². The van der Waals surface area contributed by atoms with Crippen molar-refractivity contribution in [2.24, 2.45) is 5.10 Å². The minimum atomic E-state index is -0.366. The highest BCUT2D eigenvalue weighted by Crippen LogP contribution is 2.32. The molecule has 0 bridgehead atoms. The van der Waals surface area contributed by atoms with Gasteiger partial charge in [-0.3, -0.25) is 4.79 Å². The summed E-state index contributed by atoms with van der Waals surface area (Å²) in [5, 5.41) is 13.8. The van der Waals surface area contributed by atoms with Crippen molar-refractivity contribution >= 4 is 60.5 Å². The van der Waals surface area contributed by atoms with Crippen molar-refractivity contribution in [3.05, 3.63) is 37.2 Å². The van der Waals surface area contributed by atoms with Crippen molar-refractivity contribution in [2.45, 2.75) is 6.92 Å². The van der Waals surface area contributed by atoms with E-state index < -0.39 is 0 Å². The molecule has 1 aromatic heterocycles. The number of halogens is 2. The van der Waals surface area contributed by atoms with Crippen LogP contribution in [0.3, 0.4) is 0 Å². The second-order valence-electron chi connectivity index (χ2n) is 4.00. The van der Waals surface area contributed by atoms with Gasteiger partial charge in [-0.1, -0.05) is 11.3 Å². The van der Waals surface area contributed by atoms with Crippen molar-refractivity contribution in [1.82, 2.24) is 10.4 Å². The topological polar surface area (TPSA) is 101 Å². The summed E-state index contributed by atoms with van der Waals surface area (Å²) in [6.45, 7) is 1.71. The average molecular weight is 434 g/mol. The minimum absolute atomic E-state index is 0.104. The first-order valence-electron chi connectivity index (χ1n) is 5.63. The average Bonchev–Trinajstić information content (AvgIpc) is 2.75. The lowest BCUT2D eigenvalue weighted by Crippen LogP contribution is -2.17. The third-order valence-corrected chi connectivity index (χ3v) is 4.63. The highest BCUT2D eigenvalue weighted by molar-refractivity contribution is 9.11. The smallest absolute Gasteiger partial charge is 0.283 e. The van der Waals surface area contributed by atoms with Gasteiger partial charge in [0.1, 0.15) is 10.6 Å². The van der Waals surface area contributed by atoms with Gasteiger partial charge in [0, 0.05) is 0 Å². The number of phenols is 1. The van der Waals surface area contributed by atoms with Gasteiger partial charge < -0.3 is 10.8 Å². The zero-order valence-corrected chi connectivity index (χ0v) is 14.7. The molecule has 1 heterocycles. The predicted octanol–water partition coefficient (Wildman–Crippen LogP) is 3.03. The van der Waals surface area contributed by atoms with Crippen molar-refractivity contribution in [2.75, 3.05) is 5.73 Å². The second kappa shape index (κ2) is 6.54. The molecule has 1 aromatic carbocycles. The van der Waals surface area contributed by atoms with E-state index in [1.807, 2.05) is 0 Å². The normalized spacial score (nSPS) is 11.0. The summed E-state index contributed by atoms with van der Waals surface area (Å²) >= 11 is 7.54. The molecule has 0 saturated carbocycles. The molecule has 0 aliphatic rings. The molecule has 110 valence electrons. The second-order valence-corrected chi connectivity index (χ2v) is 6.74. The fourth-order valence-electron chi connectivity index (χ4n) is 1.50. The number of hydrazone groups is 1. The monoisotopic (exact) mass is 432 g/mol. The Bertz CT molecular complexity index is 707. The van der Waals surface area contributed by atoms with Crippen LogP contribution in [-0.4, -0.2) is 22.2 Å². The van der Waals surface area contributed by atoms with E-state index >= 15 is 0 Å². The molecule has 0 aliphatic heterocycles. The number of nitrogen functional groups attached to an aromatic ring is 1. The number of rotatable bonds is 3. The van der Waals surface area contributed by atoms with Crippen LogP contribution < -0.4 is 11.2 Å². The molecule has 9 heteroatoms. The van der Waals surface area contributed by atoms with Gasteiger partial charge in [0.2, 0.25) is 0 Å². The number of aromatic hydroxyl groups is 1. The lowest BCUT2D eigenvalue weighted by atomic mass is 10.2. The molecule has 1 amide bonds. The first kappa shape index (κ1) is 15.9. The first-order chi connectivity index (χ1) is 9.88. The molecular formula is C12H10Br2N4O2S. The van der Waals surface area contributed by atoms with Crippen LogP contribution in [0.2, 0.25) is 0 Å². The number of aryl methyl sites for hydroxylation is 1. The third kappa shape index (κ3) is 3.80. The van der Waals surface area contributed by atoms with Gasteiger partial charge in [-0.05, 0) is 56.5 Å². The van der Waals surface area contributed by atoms with Crippen LogP contribution in [0, 0.1) is 6.92 Å². The Morgan fingerprint density at radius 2 is 2.10 bits per heavy atom. The molecule has 4 N–H and O–H groups in total. The van der Waals surface area contributed by atoms with E-state index in [1.54, 1.807) is 19.1 Å². The Morgan fingerprint density at radius 3 is 2.62 bits per heavy atom. The molecule has 0 spiro atoms. The number of hydrogen-bond donors (Lipinski definition) is 3. The van der Waals surface area contributed by atoms with E-state index in [1.165, 1.54) is 6.21 Å². The van der Waals surface area contributed by atoms with Gasteiger partial charge in [-0.15, -0.1) is 0 Å². The van der Waals surface area contributed by atoms with Gasteiger partial charge in [-0.2, -0.15) is 5.10 Å². The molecule has 0 fully saturated rings. The fraction of sp³-hybridized carbons (Fsp3) is 0.0833. The van der Waals surface area contributed by atoms with Crippen molar-refractivity contribution in [3.8, 4) is 5.75 Å². The highest BCUT2D eigenvalue weighted by atomic mass is 79.9. The number of carbonyl (C=O) groups excluding carboxylic acids is 1. The van der Waals surface area contributed by atoms with E-state index in [0.717, 1.165) is 11.3 Å². The zero-order chi connectivity index (χ0) is 15.6. The number of aromatic nitrogens is 1. The SMILES string of the molecule is Cc1nc(N)sc1C(=O)N/N=C/c1cc(Br)c(O)c(Br)c1. The Morgan fingerprint density at radius 1 is 1.48 bits per heavy atom. The summed E-state index contributed by atoms with van der Waals surface area (Å²) in [7, 11) is 0. The maximum absolute atomic E-state index is 11.9. The first-order valence-corrected chi connectivity index (χ1v) is 8.03. The number of anilines is 1. The number of hydrogen-bond acceptors (Lipinski definition) is 6. The molecule has 0 radical (unpaired) electrons. The molecule has 6 nitrogen and oxygen atoms in total. The van der Waals surface area contributed by atoms with Crippen LogP contribution in [0.15, 0.2) is 26.2 Å². The summed E-state index contributed by atoms with van der Waals surface area (Å²) in [6.07, 6.45) is 1.46. The van der Waals surface area contributed by atoms with Crippen LogP contribution >= 0.6 is 43.2 Å². The lowest BCUT2D eigenvalue weighted by Gasteiger charge is -2.02. The molecule has 0 unspecified atom stereocenters. The summed E-state index contributed by atoms with van der Waals surface area (Å²) in [4.78, 5) is 16.3. The summed E-state index contributed by atoms with van der Waals surface area (Å²) in [5.74, 6) is -0.262. The number of carbonyl (C=O) groups is 1. The number of nitrogens with one attached hydrogen (secondary N) is 1. The van der Waals surface area contributed by atoms with E-state index in [9.17, 15) is 9.90 Å². The summed E-state index contributed by atoms with van der Waals surface area (Å²) in [5.41, 5.74) is 9.22. The van der Waals surface area contributed by atoms with Crippen molar-refractivity contribution < 1.29 is 9.90 Å². The molecular weight excluding hydrogens is 424 g/mol. The summed E-state index contributed by atoms with van der Waals surface area (Å²) in [6, 6.07) is 3.34. The number of benzene rings is 1. The molecule has 0 atom stereocenters. The molecule has 2 rings (SSSR count). The number of nitrogens with two attached hydrogens (primary N) is 1. The quantitative estimate of drug-likeness (QED) is 0.511. The molecule has 0 aliphatic carbocycles. The van der Waals surface area contributed by atoms with E-state index in [-0.39, 0.29) is 11.7 Å². The van der Waals surface area contributed by atoms with Crippen LogP contribution in [0.1, 0.15) is 20.9 Å². The van der Waals surface area contributed by atoms with Gasteiger partial charge in [-0.25, -0.2) is 10.4 Å². The predicted molar refractivity (Wildman–Crippen MR) is 89.8 cm³/mol. The number of nitrogens with zero attached hydrogens (tertiary/aromatic N) is 2. The number of amides is 1.